The molecule has 11 heteroatoms. The molecule has 0 saturated carbocycles. The molecule has 2 aromatic rings. The SMILES string of the molecule is CC(C(F)F)N1CCc2c(nn(Cc3ccccc3OC(F)(F)F)c2Cl)C1=O. The molecule has 1 aromatic heterocycles. The fourth-order valence-corrected chi connectivity index (χ4v) is 3.27. The average molecular weight is 424 g/mol. The molecule has 5 nitrogen and oxygen atoms in total. The number of amides is 1. The number of nitrogens with zero attached hydrogens (tertiary/aromatic N) is 3. The molecule has 1 aromatic carbocycles. The number of alkyl halides is 5. The zero-order valence-corrected chi connectivity index (χ0v) is 15.3. The Balaban J connectivity index is 1.90. The van der Waals surface area contributed by atoms with Gasteiger partial charge in [-0.2, -0.15) is 5.10 Å². The van der Waals surface area contributed by atoms with Crippen molar-refractivity contribution in [2.45, 2.75) is 38.7 Å². The molecule has 1 amide bonds. The van der Waals surface area contributed by atoms with Gasteiger partial charge in [0.2, 0.25) is 0 Å². The number of rotatable bonds is 5. The molecule has 28 heavy (non-hydrogen) atoms. The van der Waals surface area contributed by atoms with Gasteiger partial charge in [-0.25, -0.2) is 13.5 Å². The van der Waals surface area contributed by atoms with E-state index >= 15 is 0 Å². The van der Waals surface area contributed by atoms with Crippen molar-refractivity contribution in [2.24, 2.45) is 0 Å². The summed E-state index contributed by atoms with van der Waals surface area (Å²) < 4.78 is 68.8. The second-order valence-corrected chi connectivity index (χ2v) is 6.61. The summed E-state index contributed by atoms with van der Waals surface area (Å²) in [6, 6.07) is 4.17. The van der Waals surface area contributed by atoms with Crippen molar-refractivity contribution in [3.8, 4) is 5.75 Å². The van der Waals surface area contributed by atoms with Crippen molar-refractivity contribution >= 4 is 17.5 Å². The van der Waals surface area contributed by atoms with Crippen LogP contribution in [0.1, 0.15) is 28.5 Å². The van der Waals surface area contributed by atoms with Crippen LogP contribution in [0.3, 0.4) is 0 Å². The molecule has 0 N–H and O–H groups in total. The summed E-state index contributed by atoms with van der Waals surface area (Å²) in [5.41, 5.74) is 0.461. The summed E-state index contributed by atoms with van der Waals surface area (Å²) in [4.78, 5) is 13.5. The van der Waals surface area contributed by atoms with Crippen LogP contribution in [0.2, 0.25) is 5.15 Å². The quantitative estimate of drug-likeness (QED) is 0.679. The molecule has 0 fully saturated rings. The molecule has 0 aliphatic carbocycles. The van der Waals surface area contributed by atoms with Gasteiger partial charge in [-0.15, -0.1) is 13.2 Å². The van der Waals surface area contributed by atoms with E-state index in [9.17, 15) is 26.7 Å². The first-order valence-electron chi connectivity index (χ1n) is 8.26. The van der Waals surface area contributed by atoms with Crippen molar-refractivity contribution in [3.05, 3.63) is 46.2 Å². The first-order valence-corrected chi connectivity index (χ1v) is 8.64. The van der Waals surface area contributed by atoms with E-state index in [4.69, 9.17) is 11.6 Å². The van der Waals surface area contributed by atoms with E-state index in [1.165, 1.54) is 29.8 Å². The number of halogens is 6. The van der Waals surface area contributed by atoms with Crippen LogP contribution >= 0.6 is 11.6 Å². The van der Waals surface area contributed by atoms with Gasteiger partial charge in [0.1, 0.15) is 10.9 Å². The molecular weight excluding hydrogens is 409 g/mol. The number of hydrogen-bond acceptors (Lipinski definition) is 3. The predicted octanol–water partition coefficient (Wildman–Crippen LogP) is 4.14. The highest BCUT2D eigenvalue weighted by molar-refractivity contribution is 6.31. The van der Waals surface area contributed by atoms with Crippen LogP contribution in [-0.4, -0.2) is 46.0 Å². The Kier molecular flexibility index (Phi) is 5.51. The minimum atomic E-state index is -4.87. The van der Waals surface area contributed by atoms with Gasteiger partial charge >= 0.3 is 6.36 Å². The van der Waals surface area contributed by atoms with E-state index < -0.39 is 30.5 Å². The third-order valence-electron chi connectivity index (χ3n) is 4.42. The summed E-state index contributed by atoms with van der Waals surface area (Å²) in [7, 11) is 0. The molecule has 3 rings (SSSR count). The van der Waals surface area contributed by atoms with Crippen molar-refractivity contribution in [1.29, 1.82) is 0 Å². The average Bonchev–Trinajstić information content (AvgIpc) is 2.92. The Morgan fingerprint density at radius 2 is 1.96 bits per heavy atom. The monoisotopic (exact) mass is 423 g/mol. The number of hydrogen-bond donors (Lipinski definition) is 0. The molecule has 1 atom stereocenters. The maximum Gasteiger partial charge on any atom is 0.573 e. The maximum absolute atomic E-state index is 13.0. The van der Waals surface area contributed by atoms with Crippen LogP contribution in [0, 0.1) is 0 Å². The summed E-state index contributed by atoms with van der Waals surface area (Å²) in [5, 5.41) is 4.15. The maximum atomic E-state index is 13.0. The number of aromatic nitrogens is 2. The Bertz CT molecular complexity index is 884. The summed E-state index contributed by atoms with van der Waals surface area (Å²) in [6.45, 7) is 1.10. The molecule has 0 radical (unpaired) electrons. The Labute approximate surface area is 161 Å². The molecule has 0 spiro atoms. The zero-order valence-electron chi connectivity index (χ0n) is 14.5. The van der Waals surface area contributed by atoms with Crippen LogP contribution in [-0.2, 0) is 13.0 Å². The number of carbonyl (C=O) groups is 1. The lowest BCUT2D eigenvalue weighted by atomic mass is 10.1. The number of ether oxygens (including phenoxy) is 1. The summed E-state index contributed by atoms with van der Waals surface area (Å²) in [6.07, 6.45) is -7.36. The minimum absolute atomic E-state index is 0.0521. The van der Waals surface area contributed by atoms with Crippen molar-refractivity contribution < 1.29 is 31.5 Å². The second kappa shape index (κ2) is 7.57. The normalized spacial score (nSPS) is 15.7. The fourth-order valence-electron chi connectivity index (χ4n) is 2.99. The number of para-hydroxylation sites is 1. The van der Waals surface area contributed by atoms with Gasteiger partial charge in [0, 0.05) is 17.7 Å². The third kappa shape index (κ3) is 4.06. The summed E-state index contributed by atoms with van der Waals surface area (Å²) >= 11 is 6.25. The van der Waals surface area contributed by atoms with E-state index in [0.29, 0.717) is 5.56 Å². The van der Waals surface area contributed by atoms with Crippen molar-refractivity contribution in [2.75, 3.05) is 6.54 Å². The van der Waals surface area contributed by atoms with Gasteiger partial charge in [0.25, 0.3) is 12.3 Å². The first kappa shape index (κ1) is 20.4. The van der Waals surface area contributed by atoms with Gasteiger partial charge in [-0.1, -0.05) is 29.8 Å². The largest absolute Gasteiger partial charge is 0.573 e. The third-order valence-corrected chi connectivity index (χ3v) is 4.85. The minimum Gasteiger partial charge on any atom is -0.405 e. The molecule has 0 saturated heterocycles. The number of carbonyl (C=O) groups excluding carboxylic acids is 1. The summed E-state index contributed by atoms with van der Waals surface area (Å²) in [5.74, 6) is -1.10. The lowest BCUT2D eigenvalue weighted by Gasteiger charge is -2.31. The molecular formula is C17H15ClF5N3O2. The highest BCUT2D eigenvalue weighted by Gasteiger charge is 2.36. The van der Waals surface area contributed by atoms with E-state index in [2.05, 4.69) is 9.84 Å². The van der Waals surface area contributed by atoms with E-state index in [1.54, 1.807) is 0 Å². The molecule has 152 valence electrons. The Morgan fingerprint density at radius 1 is 1.29 bits per heavy atom. The Hall–Kier alpha value is -2.36. The highest BCUT2D eigenvalue weighted by Crippen LogP contribution is 2.31. The van der Waals surface area contributed by atoms with Gasteiger partial charge in [0.15, 0.2) is 5.69 Å². The van der Waals surface area contributed by atoms with Crippen LogP contribution in [0.25, 0.3) is 0 Å². The predicted molar refractivity (Wildman–Crippen MR) is 89.7 cm³/mol. The second-order valence-electron chi connectivity index (χ2n) is 6.25. The van der Waals surface area contributed by atoms with Crippen LogP contribution in [0.5, 0.6) is 5.75 Å². The molecule has 2 heterocycles. The molecule has 0 bridgehead atoms. The van der Waals surface area contributed by atoms with Gasteiger partial charge < -0.3 is 9.64 Å². The standard InChI is InChI=1S/C17H15ClF5N3O2/c1-9(15(19)20)25-7-6-11-13(16(25)27)24-26(14(11)18)8-10-4-2-3-5-12(10)28-17(21,22)23/h2-5,9,15H,6-8H2,1H3. The molecule has 1 unspecified atom stereocenters. The van der Waals surface area contributed by atoms with Crippen LogP contribution in [0.15, 0.2) is 24.3 Å². The molecule has 1 aliphatic rings. The smallest absolute Gasteiger partial charge is 0.405 e. The van der Waals surface area contributed by atoms with Crippen molar-refractivity contribution in [3.63, 3.8) is 0 Å². The van der Waals surface area contributed by atoms with Gasteiger partial charge in [-0.3, -0.25) is 4.79 Å². The number of fused-ring (bicyclic) bond motifs is 1. The van der Waals surface area contributed by atoms with Crippen LogP contribution < -0.4 is 4.74 Å². The number of benzene rings is 1. The van der Waals surface area contributed by atoms with Crippen molar-refractivity contribution in [1.82, 2.24) is 14.7 Å². The van der Waals surface area contributed by atoms with Gasteiger partial charge in [0.05, 0.1) is 12.6 Å². The lowest BCUT2D eigenvalue weighted by Crippen LogP contribution is -2.46. The first-order chi connectivity index (χ1) is 13.1. The topological polar surface area (TPSA) is 47.4 Å². The van der Waals surface area contributed by atoms with E-state index in [1.807, 2.05) is 0 Å². The molecule has 1 aliphatic heterocycles. The van der Waals surface area contributed by atoms with E-state index in [0.717, 1.165) is 11.0 Å². The van der Waals surface area contributed by atoms with Crippen LogP contribution in [0.4, 0.5) is 22.0 Å². The van der Waals surface area contributed by atoms with E-state index in [-0.39, 0.29) is 35.9 Å². The fraction of sp³-hybridized carbons (Fsp3) is 0.412. The van der Waals surface area contributed by atoms with Gasteiger partial charge in [-0.05, 0) is 19.4 Å². The lowest BCUT2D eigenvalue weighted by molar-refractivity contribution is -0.274. The zero-order chi connectivity index (χ0) is 20.6. The Morgan fingerprint density at radius 3 is 2.61 bits per heavy atom. The highest BCUT2D eigenvalue weighted by atomic mass is 35.5.